The van der Waals surface area contributed by atoms with Crippen molar-refractivity contribution >= 4 is 32.7 Å². The monoisotopic (exact) mass is 483 g/mol. The molecule has 0 aliphatic rings. The van der Waals surface area contributed by atoms with Crippen LogP contribution in [0.15, 0.2) is 58.2 Å². The van der Waals surface area contributed by atoms with Crippen molar-refractivity contribution in [2.75, 3.05) is 26.5 Å². The molecule has 0 aliphatic carbocycles. The minimum Gasteiger partial charge on any atom is -0.495 e. The molecule has 4 aromatic rings. The zero-order chi connectivity index (χ0) is 24.6. The predicted molar refractivity (Wildman–Crippen MR) is 127 cm³/mol. The Labute approximate surface area is 197 Å². The topological polar surface area (TPSA) is 120 Å². The van der Waals surface area contributed by atoms with Crippen molar-refractivity contribution in [2.24, 2.45) is 0 Å². The smallest absolute Gasteiger partial charge is 0.256 e. The second-order valence-corrected chi connectivity index (χ2v) is 10.2. The molecule has 11 heteroatoms. The number of benzene rings is 1. The maximum atomic E-state index is 13.5. The molecule has 0 radical (unpaired) electrons. The van der Waals surface area contributed by atoms with Gasteiger partial charge in [-0.1, -0.05) is 0 Å². The minimum absolute atomic E-state index is 0.0146. The number of hydrogen-bond acceptors (Lipinski definition) is 7. The average molecular weight is 484 g/mol. The van der Waals surface area contributed by atoms with Gasteiger partial charge in [-0.15, -0.1) is 0 Å². The molecule has 0 bridgehead atoms. The molecule has 34 heavy (non-hydrogen) atoms. The van der Waals surface area contributed by atoms with Crippen LogP contribution in [0.25, 0.3) is 22.5 Å². The Kier molecular flexibility index (Phi) is 6.15. The molecule has 3 aromatic heterocycles. The number of aromatic nitrogens is 3. The van der Waals surface area contributed by atoms with Gasteiger partial charge in [0.25, 0.3) is 5.91 Å². The molecule has 1 aromatic carbocycles. The van der Waals surface area contributed by atoms with Crippen LogP contribution in [0.1, 0.15) is 30.2 Å². The number of pyridine rings is 1. The van der Waals surface area contributed by atoms with Crippen LogP contribution < -0.4 is 10.1 Å². The van der Waals surface area contributed by atoms with Gasteiger partial charge in [-0.05, 0) is 50.2 Å². The number of rotatable bonds is 7. The third-order valence-electron chi connectivity index (χ3n) is 5.27. The van der Waals surface area contributed by atoms with E-state index < -0.39 is 15.9 Å². The molecule has 0 saturated heterocycles. The number of hydrogen-bond donors (Lipinski definition) is 1. The van der Waals surface area contributed by atoms with Gasteiger partial charge in [0.15, 0.2) is 11.4 Å². The summed E-state index contributed by atoms with van der Waals surface area (Å²) in [5.41, 5.74) is 1.54. The molecule has 0 atom stereocenters. The Morgan fingerprint density at radius 2 is 1.97 bits per heavy atom. The SMILES string of the molecule is COc1ccc(S(=O)(=O)N(C)C)cc1NC(=O)c1cc(-c2ccco2)nc2c1cnn2C(C)C. The molecular weight excluding hydrogens is 458 g/mol. The molecule has 1 N–H and O–H groups in total. The minimum atomic E-state index is -3.71. The summed E-state index contributed by atoms with van der Waals surface area (Å²) in [6, 6.07) is 9.42. The van der Waals surface area contributed by atoms with Gasteiger partial charge in [0.2, 0.25) is 10.0 Å². The molecule has 3 heterocycles. The van der Waals surface area contributed by atoms with Gasteiger partial charge in [-0.3, -0.25) is 4.79 Å². The number of sulfonamides is 1. The first kappa shape index (κ1) is 23.5. The summed E-state index contributed by atoms with van der Waals surface area (Å²) >= 11 is 0. The molecule has 4 rings (SSSR count). The number of fused-ring (bicyclic) bond motifs is 1. The Bertz CT molecular complexity index is 1460. The third-order valence-corrected chi connectivity index (χ3v) is 7.08. The van der Waals surface area contributed by atoms with Crippen molar-refractivity contribution in [3.63, 3.8) is 0 Å². The lowest BCUT2D eigenvalue weighted by molar-refractivity contribution is 0.102. The van der Waals surface area contributed by atoms with Crippen molar-refractivity contribution in [3.8, 4) is 17.2 Å². The van der Waals surface area contributed by atoms with Crippen molar-refractivity contribution in [3.05, 3.63) is 54.4 Å². The summed E-state index contributed by atoms with van der Waals surface area (Å²) < 4.78 is 38.9. The van der Waals surface area contributed by atoms with Crippen LogP contribution in [-0.4, -0.2) is 54.6 Å². The van der Waals surface area contributed by atoms with E-state index in [0.29, 0.717) is 33.8 Å². The number of nitrogens with one attached hydrogen (secondary N) is 1. The highest BCUT2D eigenvalue weighted by Crippen LogP contribution is 2.31. The summed E-state index contributed by atoms with van der Waals surface area (Å²) in [5, 5.41) is 7.74. The molecule has 0 spiro atoms. The van der Waals surface area contributed by atoms with Crippen LogP contribution in [-0.2, 0) is 10.0 Å². The van der Waals surface area contributed by atoms with Gasteiger partial charge >= 0.3 is 0 Å². The average Bonchev–Trinajstić information content (AvgIpc) is 3.48. The number of furan rings is 1. The molecular formula is C23H25N5O5S. The largest absolute Gasteiger partial charge is 0.495 e. The Hall–Kier alpha value is -3.70. The summed E-state index contributed by atoms with van der Waals surface area (Å²) in [5.74, 6) is 0.353. The number of ether oxygens (including phenoxy) is 1. The first-order chi connectivity index (χ1) is 16.1. The van der Waals surface area contributed by atoms with E-state index in [9.17, 15) is 13.2 Å². The van der Waals surface area contributed by atoms with Crippen molar-refractivity contribution in [1.29, 1.82) is 0 Å². The molecule has 0 fully saturated rings. The standard InChI is InChI=1S/C23H25N5O5S/c1-14(2)28-22-17(13-24-28)16(12-19(25-22)21-7-6-10-33-21)23(29)26-18-11-15(8-9-20(18)32-5)34(30,31)27(3)4/h6-14H,1-5H3,(H,26,29). The van der Waals surface area contributed by atoms with Crippen molar-refractivity contribution < 1.29 is 22.4 Å². The van der Waals surface area contributed by atoms with E-state index in [-0.39, 0.29) is 16.6 Å². The first-order valence-corrected chi connectivity index (χ1v) is 11.9. The first-order valence-electron chi connectivity index (χ1n) is 10.5. The Morgan fingerprint density at radius 1 is 1.21 bits per heavy atom. The van der Waals surface area contributed by atoms with E-state index in [1.807, 2.05) is 13.8 Å². The third kappa shape index (κ3) is 4.15. The maximum Gasteiger partial charge on any atom is 0.256 e. The number of carbonyl (C=O) groups is 1. The number of carbonyl (C=O) groups excluding carboxylic acids is 1. The highest BCUT2D eigenvalue weighted by molar-refractivity contribution is 7.89. The summed E-state index contributed by atoms with van der Waals surface area (Å²) in [4.78, 5) is 18.2. The van der Waals surface area contributed by atoms with E-state index in [2.05, 4.69) is 15.4 Å². The van der Waals surface area contributed by atoms with E-state index in [4.69, 9.17) is 9.15 Å². The van der Waals surface area contributed by atoms with Gasteiger partial charge in [0.05, 0.1) is 41.1 Å². The van der Waals surface area contributed by atoms with Crippen LogP contribution in [0.3, 0.4) is 0 Å². The highest BCUT2D eigenvalue weighted by Gasteiger charge is 2.23. The zero-order valence-electron chi connectivity index (χ0n) is 19.4. The summed E-state index contributed by atoms with van der Waals surface area (Å²) in [7, 11) is 0.608. The van der Waals surface area contributed by atoms with E-state index in [0.717, 1.165) is 4.31 Å². The normalized spacial score (nSPS) is 12.0. The fourth-order valence-corrected chi connectivity index (χ4v) is 4.41. The highest BCUT2D eigenvalue weighted by atomic mass is 32.2. The Morgan fingerprint density at radius 3 is 2.59 bits per heavy atom. The van der Waals surface area contributed by atoms with Crippen LogP contribution in [0.5, 0.6) is 5.75 Å². The fourth-order valence-electron chi connectivity index (χ4n) is 3.48. The molecule has 0 saturated carbocycles. The lowest BCUT2D eigenvalue weighted by Gasteiger charge is -2.15. The molecule has 178 valence electrons. The molecule has 10 nitrogen and oxygen atoms in total. The van der Waals surface area contributed by atoms with Gasteiger partial charge in [-0.25, -0.2) is 22.4 Å². The lowest BCUT2D eigenvalue weighted by Crippen LogP contribution is -2.22. The van der Waals surface area contributed by atoms with Crippen molar-refractivity contribution in [2.45, 2.75) is 24.8 Å². The van der Waals surface area contributed by atoms with Crippen molar-refractivity contribution in [1.82, 2.24) is 19.1 Å². The van der Waals surface area contributed by atoms with Gasteiger partial charge in [0.1, 0.15) is 11.4 Å². The zero-order valence-corrected chi connectivity index (χ0v) is 20.3. The van der Waals surface area contributed by atoms with E-state index in [1.54, 1.807) is 29.1 Å². The molecule has 0 aliphatic heterocycles. The summed E-state index contributed by atoms with van der Waals surface area (Å²) in [6.45, 7) is 3.93. The quantitative estimate of drug-likeness (QED) is 0.425. The van der Waals surface area contributed by atoms with Crippen LogP contribution in [0.4, 0.5) is 5.69 Å². The molecule has 0 unspecified atom stereocenters. The van der Waals surface area contributed by atoms with Crippen LogP contribution in [0.2, 0.25) is 0 Å². The van der Waals surface area contributed by atoms with E-state index in [1.165, 1.54) is 45.7 Å². The van der Waals surface area contributed by atoms with E-state index >= 15 is 0 Å². The van der Waals surface area contributed by atoms with Gasteiger partial charge < -0.3 is 14.5 Å². The number of anilines is 1. The maximum absolute atomic E-state index is 13.5. The lowest BCUT2D eigenvalue weighted by atomic mass is 10.1. The number of nitrogens with zero attached hydrogens (tertiary/aromatic N) is 4. The van der Waals surface area contributed by atoms with Crippen LogP contribution in [0, 0.1) is 0 Å². The fraction of sp³-hybridized carbons (Fsp3) is 0.261. The van der Waals surface area contributed by atoms with Gasteiger partial charge in [0, 0.05) is 20.1 Å². The second-order valence-electron chi connectivity index (χ2n) is 8.06. The summed E-state index contributed by atoms with van der Waals surface area (Å²) in [6.07, 6.45) is 3.12. The molecule has 1 amide bonds. The number of methoxy groups -OCH3 is 1. The Balaban J connectivity index is 1.82. The van der Waals surface area contributed by atoms with Crippen LogP contribution >= 0.6 is 0 Å². The second kappa shape index (κ2) is 8.92. The predicted octanol–water partition coefficient (Wildman–Crippen LogP) is 3.78. The number of amides is 1. The van der Waals surface area contributed by atoms with Gasteiger partial charge in [-0.2, -0.15) is 5.10 Å².